The van der Waals surface area contributed by atoms with Gasteiger partial charge < -0.3 is 5.32 Å². The van der Waals surface area contributed by atoms with Crippen molar-refractivity contribution >= 4 is 33.8 Å². The van der Waals surface area contributed by atoms with Crippen LogP contribution in [0.15, 0.2) is 24.3 Å². The fourth-order valence-corrected chi connectivity index (χ4v) is 3.64. The number of nitrogens with zero attached hydrogens (tertiary/aromatic N) is 4. The summed E-state index contributed by atoms with van der Waals surface area (Å²) in [6.45, 7) is 2.55. The van der Waals surface area contributed by atoms with Crippen LogP contribution in [0.25, 0.3) is 4.96 Å². The van der Waals surface area contributed by atoms with Crippen molar-refractivity contribution in [3.8, 4) is 0 Å². The molecule has 0 spiro atoms. The van der Waals surface area contributed by atoms with E-state index in [0.29, 0.717) is 19.4 Å². The Balaban J connectivity index is 1.33. The van der Waals surface area contributed by atoms with Crippen molar-refractivity contribution in [1.29, 1.82) is 0 Å². The number of unbranched alkanes of at least 4 members (excludes halogenated alkanes) is 1. The first-order valence-corrected chi connectivity index (χ1v) is 9.51. The minimum atomic E-state index is 0.0560. The molecule has 2 heterocycles. The monoisotopic (exact) mass is 377 g/mol. The zero-order valence-corrected chi connectivity index (χ0v) is 15.6. The summed E-state index contributed by atoms with van der Waals surface area (Å²) in [4.78, 5) is 12.7. The highest BCUT2D eigenvalue weighted by Crippen LogP contribution is 2.17. The van der Waals surface area contributed by atoms with Gasteiger partial charge in [0.25, 0.3) is 0 Å². The van der Waals surface area contributed by atoms with E-state index in [1.807, 2.05) is 31.2 Å². The summed E-state index contributed by atoms with van der Waals surface area (Å²) in [6.07, 6.45) is 3.93. The second-order valence-corrected chi connectivity index (χ2v) is 7.28. The summed E-state index contributed by atoms with van der Waals surface area (Å²) >= 11 is 7.61. The number of carbonyl (C=O) groups is 1. The van der Waals surface area contributed by atoms with E-state index in [1.54, 1.807) is 4.52 Å². The van der Waals surface area contributed by atoms with Gasteiger partial charge in [0.05, 0.1) is 0 Å². The Kier molecular flexibility index (Phi) is 5.99. The van der Waals surface area contributed by atoms with Crippen LogP contribution in [0, 0.1) is 6.92 Å². The maximum atomic E-state index is 11.9. The Morgan fingerprint density at radius 3 is 2.88 bits per heavy atom. The van der Waals surface area contributed by atoms with Crippen LogP contribution in [0.3, 0.4) is 0 Å². The number of aryl methyl sites for hydroxylation is 3. The Morgan fingerprint density at radius 2 is 2.08 bits per heavy atom. The van der Waals surface area contributed by atoms with Gasteiger partial charge in [-0.05, 0) is 37.8 Å². The van der Waals surface area contributed by atoms with Crippen LogP contribution in [-0.2, 0) is 17.6 Å². The highest BCUT2D eigenvalue weighted by molar-refractivity contribution is 7.16. The number of benzene rings is 1. The number of halogens is 1. The van der Waals surface area contributed by atoms with Gasteiger partial charge in [0.1, 0.15) is 5.01 Å². The number of rotatable bonds is 8. The van der Waals surface area contributed by atoms with Gasteiger partial charge in [0, 0.05) is 24.4 Å². The van der Waals surface area contributed by atoms with Crippen LogP contribution >= 0.6 is 22.9 Å². The standard InChI is InChI=1S/C17H20ClN5OS/c1-12-20-21-17-23(12)22-16(25-17)10-9-15(24)19-11-5-4-7-13-6-2-3-8-14(13)18/h2-3,6,8H,4-5,7,9-11H2,1H3,(H,19,24). The first-order chi connectivity index (χ1) is 12.1. The minimum Gasteiger partial charge on any atom is -0.356 e. The molecule has 1 aromatic carbocycles. The lowest BCUT2D eigenvalue weighted by molar-refractivity contribution is -0.121. The Labute approximate surface area is 155 Å². The molecule has 0 aliphatic rings. The zero-order valence-electron chi connectivity index (χ0n) is 14.0. The summed E-state index contributed by atoms with van der Waals surface area (Å²) in [7, 11) is 0. The number of nitrogens with one attached hydrogen (secondary N) is 1. The van der Waals surface area contributed by atoms with E-state index in [-0.39, 0.29) is 5.91 Å². The van der Waals surface area contributed by atoms with Gasteiger partial charge in [-0.3, -0.25) is 4.79 Å². The smallest absolute Gasteiger partial charge is 0.234 e. The molecule has 0 saturated heterocycles. The third-order valence-electron chi connectivity index (χ3n) is 3.91. The molecule has 0 bridgehead atoms. The number of amides is 1. The van der Waals surface area contributed by atoms with E-state index in [1.165, 1.54) is 11.3 Å². The molecule has 0 unspecified atom stereocenters. The topological polar surface area (TPSA) is 72.2 Å². The highest BCUT2D eigenvalue weighted by atomic mass is 35.5. The van der Waals surface area contributed by atoms with Crippen LogP contribution in [-0.4, -0.2) is 32.3 Å². The average Bonchev–Trinajstić information content (AvgIpc) is 3.16. The average molecular weight is 378 g/mol. The second kappa shape index (κ2) is 8.40. The van der Waals surface area contributed by atoms with Crippen LogP contribution < -0.4 is 5.32 Å². The predicted molar refractivity (Wildman–Crippen MR) is 99.1 cm³/mol. The van der Waals surface area contributed by atoms with Gasteiger partial charge >= 0.3 is 0 Å². The van der Waals surface area contributed by atoms with Crippen LogP contribution in [0.1, 0.15) is 35.7 Å². The molecule has 25 heavy (non-hydrogen) atoms. The van der Waals surface area contributed by atoms with Crippen molar-refractivity contribution in [2.24, 2.45) is 0 Å². The normalized spacial score (nSPS) is 11.1. The Bertz CT molecular complexity index is 860. The summed E-state index contributed by atoms with van der Waals surface area (Å²) in [5, 5.41) is 17.1. The first kappa shape index (κ1) is 17.8. The molecule has 0 radical (unpaired) electrons. The van der Waals surface area contributed by atoms with Gasteiger partial charge in [0.15, 0.2) is 5.82 Å². The number of carbonyl (C=O) groups excluding carboxylic acids is 1. The molecule has 3 rings (SSSR count). The van der Waals surface area contributed by atoms with Crippen LogP contribution in [0.2, 0.25) is 5.02 Å². The van der Waals surface area contributed by atoms with Crippen molar-refractivity contribution in [3.05, 3.63) is 45.7 Å². The maximum absolute atomic E-state index is 11.9. The van der Waals surface area contributed by atoms with Crippen molar-refractivity contribution < 1.29 is 4.79 Å². The van der Waals surface area contributed by atoms with Gasteiger partial charge in [0.2, 0.25) is 10.9 Å². The van der Waals surface area contributed by atoms with E-state index in [2.05, 4.69) is 20.6 Å². The molecular weight excluding hydrogens is 358 g/mol. The lowest BCUT2D eigenvalue weighted by atomic mass is 10.1. The first-order valence-electron chi connectivity index (χ1n) is 8.31. The van der Waals surface area contributed by atoms with Gasteiger partial charge in [-0.15, -0.1) is 10.2 Å². The Hall–Kier alpha value is -1.99. The molecule has 0 aliphatic heterocycles. The minimum absolute atomic E-state index is 0.0560. The Morgan fingerprint density at radius 1 is 1.24 bits per heavy atom. The number of hydrogen-bond donors (Lipinski definition) is 1. The molecule has 0 aliphatic carbocycles. The summed E-state index contributed by atoms with van der Waals surface area (Å²) < 4.78 is 1.71. The van der Waals surface area contributed by atoms with Crippen LogP contribution in [0.5, 0.6) is 0 Å². The number of aromatic nitrogens is 4. The third-order valence-corrected chi connectivity index (χ3v) is 5.23. The predicted octanol–water partition coefficient (Wildman–Crippen LogP) is 3.22. The lowest BCUT2D eigenvalue weighted by Gasteiger charge is -2.06. The quantitative estimate of drug-likeness (QED) is 0.612. The number of hydrogen-bond acceptors (Lipinski definition) is 5. The molecule has 0 fully saturated rings. The molecule has 0 atom stereocenters. The van der Waals surface area contributed by atoms with E-state index in [9.17, 15) is 4.79 Å². The highest BCUT2D eigenvalue weighted by Gasteiger charge is 2.10. The second-order valence-electron chi connectivity index (χ2n) is 5.84. The van der Waals surface area contributed by atoms with Gasteiger partial charge in [-0.25, -0.2) is 0 Å². The fourth-order valence-electron chi connectivity index (χ4n) is 2.53. The molecule has 6 nitrogen and oxygen atoms in total. The van der Waals surface area contributed by atoms with E-state index < -0.39 is 0 Å². The molecule has 132 valence electrons. The molecular formula is C17H20ClN5OS. The van der Waals surface area contributed by atoms with Gasteiger partial charge in [-0.2, -0.15) is 9.61 Å². The molecule has 2 aromatic heterocycles. The maximum Gasteiger partial charge on any atom is 0.234 e. The van der Waals surface area contributed by atoms with E-state index >= 15 is 0 Å². The number of fused-ring (bicyclic) bond motifs is 1. The molecule has 1 N–H and O–H groups in total. The summed E-state index contributed by atoms with van der Waals surface area (Å²) in [5.74, 6) is 0.820. The van der Waals surface area contributed by atoms with Gasteiger partial charge in [-0.1, -0.05) is 41.1 Å². The molecule has 3 aromatic rings. The van der Waals surface area contributed by atoms with Crippen LogP contribution in [0.4, 0.5) is 0 Å². The zero-order chi connectivity index (χ0) is 17.6. The lowest BCUT2D eigenvalue weighted by Crippen LogP contribution is -2.24. The summed E-state index contributed by atoms with van der Waals surface area (Å²) in [5.41, 5.74) is 1.16. The fraction of sp³-hybridized carbons (Fsp3) is 0.412. The SMILES string of the molecule is Cc1nnc2sc(CCC(=O)NCCCCc3ccccc3Cl)nn12. The third kappa shape index (κ3) is 4.76. The largest absolute Gasteiger partial charge is 0.356 e. The van der Waals surface area contributed by atoms with E-state index in [0.717, 1.165) is 45.6 Å². The van der Waals surface area contributed by atoms with E-state index in [4.69, 9.17) is 11.6 Å². The molecule has 8 heteroatoms. The van der Waals surface area contributed by atoms with Crippen molar-refractivity contribution in [2.75, 3.05) is 6.54 Å². The summed E-state index contributed by atoms with van der Waals surface area (Å²) in [6, 6.07) is 7.88. The molecule has 0 saturated carbocycles. The van der Waals surface area contributed by atoms with Crippen molar-refractivity contribution in [2.45, 2.75) is 39.0 Å². The van der Waals surface area contributed by atoms with Crippen molar-refractivity contribution in [1.82, 2.24) is 25.1 Å². The van der Waals surface area contributed by atoms with Crippen molar-refractivity contribution in [3.63, 3.8) is 0 Å². The molecule has 1 amide bonds.